The van der Waals surface area contributed by atoms with Crippen LogP contribution < -0.4 is 5.32 Å². The van der Waals surface area contributed by atoms with E-state index in [0.717, 1.165) is 40.0 Å². The minimum atomic E-state index is 0.174. The third-order valence-corrected chi connectivity index (χ3v) is 4.03. The number of nitrogens with one attached hydrogen (secondary N) is 1. The number of aryl methyl sites for hydroxylation is 1. The van der Waals surface area contributed by atoms with Gasteiger partial charge in [-0.1, -0.05) is 35.1 Å². The summed E-state index contributed by atoms with van der Waals surface area (Å²) in [4.78, 5) is 0. The molecular weight excluding hydrogens is 290 g/mol. The zero-order valence-corrected chi connectivity index (χ0v) is 13.7. The van der Waals surface area contributed by atoms with Crippen molar-refractivity contribution >= 4 is 22.9 Å². The summed E-state index contributed by atoms with van der Waals surface area (Å²) in [6.07, 6.45) is 2.03. The Hall–Kier alpha value is -0.970. The van der Waals surface area contributed by atoms with E-state index in [1.165, 1.54) is 0 Å². The average molecular weight is 310 g/mol. The Morgan fingerprint density at radius 2 is 2.05 bits per heavy atom. The van der Waals surface area contributed by atoms with Crippen LogP contribution in [0.3, 0.4) is 0 Å². The Labute approximate surface area is 129 Å². The van der Waals surface area contributed by atoms with Gasteiger partial charge >= 0.3 is 0 Å². The molecular formula is C15H20ClN3S. The molecule has 0 amide bonds. The molecule has 20 heavy (non-hydrogen) atoms. The molecule has 0 radical (unpaired) electrons. The average Bonchev–Trinajstić information content (AvgIpc) is 2.82. The lowest BCUT2D eigenvalue weighted by molar-refractivity contribution is 0.422. The maximum Gasteiger partial charge on any atom is 0.147 e. The molecule has 0 fully saturated rings. The Morgan fingerprint density at radius 1 is 1.25 bits per heavy atom. The molecule has 1 aromatic heterocycles. The molecule has 0 saturated heterocycles. The molecule has 0 unspecified atom stereocenters. The topological polar surface area (TPSA) is 37.8 Å². The van der Waals surface area contributed by atoms with Crippen LogP contribution >= 0.6 is 22.9 Å². The van der Waals surface area contributed by atoms with Crippen molar-refractivity contribution < 1.29 is 0 Å². The van der Waals surface area contributed by atoms with Crippen LogP contribution in [0.15, 0.2) is 24.3 Å². The second kappa shape index (κ2) is 6.66. The van der Waals surface area contributed by atoms with Crippen LogP contribution in [-0.2, 0) is 6.42 Å². The number of rotatable bonds is 5. The molecule has 0 aliphatic rings. The molecule has 108 valence electrons. The van der Waals surface area contributed by atoms with Crippen LogP contribution in [0, 0.1) is 0 Å². The minimum absolute atomic E-state index is 0.174. The van der Waals surface area contributed by atoms with E-state index in [0.29, 0.717) is 0 Å². The smallest absolute Gasteiger partial charge is 0.147 e. The van der Waals surface area contributed by atoms with Crippen LogP contribution in [-0.4, -0.2) is 22.3 Å². The Balaban J connectivity index is 1.90. The van der Waals surface area contributed by atoms with Crippen molar-refractivity contribution in [3.63, 3.8) is 0 Å². The zero-order chi connectivity index (χ0) is 14.6. The molecule has 1 heterocycles. The van der Waals surface area contributed by atoms with Crippen LogP contribution in [0.4, 0.5) is 0 Å². The van der Waals surface area contributed by atoms with Gasteiger partial charge in [0.15, 0.2) is 0 Å². The summed E-state index contributed by atoms with van der Waals surface area (Å²) in [7, 11) is 0. The fraction of sp³-hybridized carbons (Fsp3) is 0.467. The normalized spacial score (nSPS) is 11.8. The van der Waals surface area contributed by atoms with E-state index in [1.54, 1.807) is 11.3 Å². The van der Waals surface area contributed by atoms with Crippen LogP contribution in [0.2, 0.25) is 5.02 Å². The molecule has 0 aliphatic carbocycles. The van der Waals surface area contributed by atoms with Gasteiger partial charge in [-0.3, -0.25) is 0 Å². The predicted octanol–water partition coefficient (Wildman–Crippen LogP) is 4.18. The van der Waals surface area contributed by atoms with Crippen molar-refractivity contribution in [1.82, 2.24) is 15.5 Å². The highest BCUT2D eigenvalue weighted by Crippen LogP contribution is 2.26. The van der Waals surface area contributed by atoms with Gasteiger partial charge in [0.2, 0.25) is 0 Å². The van der Waals surface area contributed by atoms with Gasteiger partial charge < -0.3 is 5.32 Å². The predicted molar refractivity (Wildman–Crippen MR) is 86.4 cm³/mol. The molecule has 0 bridgehead atoms. The monoisotopic (exact) mass is 309 g/mol. The first kappa shape index (κ1) is 15.4. The van der Waals surface area contributed by atoms with Crippen LogP contribution in [0.25, 0.3) is 10.6 Å². The highest BCUT2D eigenvalue weighted by molar-refractivity contribution is 7.14. The lowest BCUT2D eigenvalue weighted by atomic mass is 10.1. The van der Waals surface area contributed by atoms with Crippen molar-refractivity contribution in [2.45, 2.75) is 39.2 Å². The molecule has 0 aliphatic heterocycles. The van der Waals surface area contributed by atoms with E-state index in [2.05, 4.69) is 36.3 Å². The number of hydrogen-bond acceptors (Lipinski definition) is 4. The van der Waals surface area contributed by atoms with E-state index in [4.69, 9.17) is 11.6 Å². The Morgan fingerprint density at radius 3 is 2.75 bits per heavy atom. The van der Waals surface area contributed by atoms with Crippen LogP contribution in [0.1, 0.15) is 32.2 Å². The van der Waals surface area contributed by atoms with Crippen molar-refractivity contribution in [3.05, 3.63) is 34.3 Å². The van der Waals surface area contributed by atoms with Gasteiger partial charge in [-0.05, 0) is 45.9 Å². The summed E-state index contributed by atoms with van der Waals surface area (Å²) in [6, 6.07) is 7.74. The molecule has 0 saturated carbocycles. The number of nitrogens with zero attached hydrogens (tertiary/aromatic N) is 2. The lowest BCUT2D eigenvalue weighted by Gasteiger charge is -2.20. The summed E-state index contributed by atoms with van der Waals surface area (Å²) < 4.78 is 0. The summed E-state index contributed by atoms with van der Waals surface area (Å²) in [5.41, 5.74) is 1.21. The maximum absolute atomic E-state index is 5.99. The van der Waals surface area contributed by atoms with E-state index in [1.807, 2.05) is 24.3 Å². The zero-order valence-electron chi connectivity index (χ0n) is 12.1. The summed E-state index contributed by atoms with van der Waals surface area (Å²) in [5.74, 6) is 0. The van der Waals surface area contributed by atoms with Gasteiger partial charge in [0, 0.05) is 22.5 Å². The summed E-state index contributed by atoms with van der Waals surface area (Å²) in [6.45, 7) is 7.52. The maximum atomic E-state index is 5.99. The number of hydrogen-bond donors (Lipinski definition) is 1. The van der Waals surface area contributed by atoms with Gasteiger partial charge in [-0.25, -0.2) is 0 Å². The standard InChI is InChI=1S/C15H20ClN3S/c1-15(2,3)17-9-5-8-13-18-19-14(20-13)11-6-4-7-12(16)10-11/h4,6-7,10,17H,5,8-9H2,1-3H3. The number of aromatic nitrogens is 2. The molecule has 1 N–H and O–H groups in total. The van der Waals surface area contributed by atoms with E-state index < -0.39 is 0 Å². The minimum Gasteiger partial charge on any atom is -0.312 e. The van der Waals surface area contributed by atoms with Gasteiger partial charge in [-0.2, -0.15) is 0 Å². The van der Waals surface area contributed by atoms with Gasteiger partial charge in [-0.15, -0.1) is 10.2 Å². The summed E-state index contributed by atoms with van der Waals surface area (Å²) in [5, 5.41) is 14.7. The highest BCUT2D eigenvalue weighted by Gasteiger charge is 2.09. The quantitative estimate of drug-likeness (QED) is 0.842. The van der Waals surface area contributed by atoms with E-state index in [9.17, 15) is 0 Å². The van der Waals surface area contributed by atoms with Crippen molar-refractivity contribution in [3.8, 4) is 10.6 Å². The molecule has 2 rings (SSSR count). The second-order valence-corrected chi connectivity index (χ2v) is 7.29. The fourth-order valence-corrected chi connectivity index (χ4v) is 2.86. The molecule has 3 nitrogen and oxygen atoms in total. The van der Waals surface area contributed by atoms with Gasteiger partial charge in [0.25, 0.3) is 0 Å². The van der Waals surface area contributed by atoms with Gasteiger partial charge in [0.05, 0.1) is 0 Å². The first-order valence-corrected chi connectivity index (χ1v) is 7.97. The molecule has 0 atom stereocenters. The Kier molecular flexibility index (Phi) is 5.13. The first-order chi connectivity index (χ1) is 9.44. The van der Waals surface area contributed by atoms with E-state index in [-0.39, 0.29) is 5.54 Å². The summed E-state index contributed by atoms with van der Waals surface area (Å²) >= 11 is 7.64. The molecule has 0 spiro atoms. The van der Waals surface area contributed by atoms with Crippen molar-refractivity contribution in [2.24, 2.45) is 0 Å². The largest absolute Gasteiger partial charge is 0.312 e. The highest BCUT2D eigenvalue weighted by atomic mass is 35.5. The molecule has 2 aromatic rings. The van der Waals surface area contributed by atoms with E-state index >= 15 is 0 Å². The number of halogens is 1. The van der Waals surface area contributed by atoms with Crippen molar-refractivity contribution in [2.75, 3.05) is 6.54 Å². The third kappa shape index (κ3) is 4.85. The first-order valence-electron chi connectivity index (χ1n) is 6.77. The van der Waals surface area contributed by atoms with Crippen LogP contribution in [0.5, 0.6) is 0 Å². The third-order valence-electron chi connectivity index (χ3n) is 2.76. The second-order valence-electron chi connectivity index (χ2n) is 5.79. The fourth-order valence-electron chi connectivity index (χ4n) is 1.80. The molecule has 5 heteroatoms. The lowest BCUT2D eigenvalue weighted by Crippen LogP contribution is -2.36. The number of benzene rings is 1. The van der Waals surface area contributed by atoms with Gasteiger partial charge in [0.1, 0.15) is 10.0 Å². The molecule has 1 aromatic carbocycles. The Bertz CT molecular complexity index is 560. The van der Waals surface area contributed by atoms with Crippen molar-refractivity contribution in [1.29, 1.82) is 0 Å². The SMILES string of the molecule is CC(C)(C)NCCCc1nnc(-c2cccc(Cl)c2)s1.